The molecule has 0 fully saturated rings. The van der Waals surface area contributed by atoms with Gasteiger partial charge in [0, 0.05) is 6.07 Å². The van der Waals surface area contributed by atoms with Gasteiger partial charge in [-0.2, -0.15) is 0 Å². The molecule has 1 rings (SSSR count). The van der Waals surface area contributed by atoms with Gasteiger partial charge in [-0.25, -0.2) is 4.39 Å². The third-order valence-electron chi connectivity index (χ3n) is 0.946. The molecule has 10 heavy (non-hydrogen) atoms. The number of hydrogen-bond acceptors (Lipinski definition) is 1. The maximum absolute atomic E-state index is 12.6. The lowest BCUT2D eigenvalue weighted by Crippen LogP contribution is -1.79. The summed E-state index contributed by atoms with van der Waals surface area (Å²) in [4.78, 5) is 0. The van der Waals surface area contributed by atoms with Crippen LogP contribution in [-0.2, 0) is 0 Å². The normalized spacial score (nSPS) is 9.90. The summed E-state index contributed by atoms with van der Waals surface area (Å²) in [6.07, 6.45) is 0. The van der Waals surface area contributed by atoms with Gasteiger partial charge in [-0.15, -0.1) is 0 Å². The quantitative estimate of drug-likeness (QED) is 0.672. The van der Waals surface area contributed by atoms with Crippen LogP contribution in [0.4, 0.5) is 4.39 Å². The van der Waals surface area contributed by atoms with Gasteiger partial charge in [-0.05, 0) is 22.0 Å². The monoisotopic (exact) mass is 223 g/mol. The molecule has 1 N–H and O–H groups in total. The summed E-state index contributed by atoms with van der Waals surface area (Å²) < 4.78 is 12.6. The largest absolute Gasteiger partial charge is 0.506 e. The average molecular weight is 224 g/mol. The molecule has 0 aliphatic heterocycles. The SMILES string of the molecule is Oc1[c]cc(Cl)c(F)c1Br. The minimum atomic E-state index is -0.669. The standard InChI is InChI=1S/C6H2BrClFO/c7-5-4(10)2-1-3(8)6(5)9/h1,10H. The van der Waals surface area contributed by atoms with Crippen LogP contribution < -0.4 is 0 Å². The smallest absolute Gasteiger partial charge is 0.159 e. The summed E-state index contributed by atoms with van der Waals surface area (Å²) in [6, 6.07) is 3.51. The van der Waals surface area contributed by atoms with Gasteiger partial charge in [0.15, 0.2) is 5.82 Å². The van der Waals surface area contributed by atoms with Gasteiger partial charge < -0.3 is 5.11 Å². The Kier molecular flexibility index (Phi) is 2.16. The maximum atomic E-state index is 12.6. The zero-order valence-corrected chi connectivity index (χ0v) is 7.00. The van der Waals surface area contributed by atoms with Crippen LogP contribution in [0, 0.1) is 11.9 Å². The predicted octanol–water partition coefficient (Wildman–Crippen LogP) is 2.75. The number of rotatable bonds is 0. The molecule has 0 saturated heterocycles. The highest BCUT2D eigenvalue weighted by molar-refractivity contribution is 9.10. The van der Waals surface area contributed by atoms with Gasteiger partial charge in [0.1, 0.15) is 5.75 Å². The van der Waals surface area contributed by atoms with Gasteiger partial charge in [0.05, 0.1) is 9.50 Å². The van der Waals surface area contributed by atoms with E-state index in [0.717, 1.165) is 6.07 Å². The number of phenolic OH excluding ortho intramolecular Hbond substituents is 1. The van der Waals surface area contributed by atoms with E-state index in [2.05, 4.69) is 22.0 Å². The van der Waals surface area contributed by atoms with E-state index in [9.17, 15) is 4.39 Å². The van der Waals surface area contributed by atoms with Gasteiger partial charge in [0.25, 0.3) is 0 Å². The van der Waals surface area contributed by atoms with E-state index < -0.39 is 5.82 Å². The van der Waals surface area contributed by atoms with Gasteiger partial charge in [-0.1, -0.05) is 11.6 Å². The van der Waals surface area contributed by atoms with Crippen LogP contribution in [-0.4, -0.2) is 5.11 Å². The lowest BCUT2D eigenvalue weighted by atomic mass is 10.3. The molecule has 0 unspecified atom stereocenters. The zero-order valence-electron chi connectivity index (χ0n) is 4.66. The van der Waals surface area contributed by atoms with E-state index in [1.807, 2.05) is 0 Å². The van der Waals surface area contributed by atoms with Crippen LogP contribution in [0.5, 0.6) is 5.75 Å². The molecule has 0 atom stereocenters. The highest BCUT2D eigenvalue weighted by Crippen LogP contribution is 2.30. The molecule has 0 aromatic heterocycles. The Morgan fingerprint density at radius 2 is 2.30 bits per heavy atom. The van der Waals surface area contributed by atoms with Crippen molar-refractivity contribution in [2.24, 2.45) is 0 Å². The predicted molar refractivity (Wildman–Crippen MR) is 39.6 cm³/mol. The Bertz CT molecular complexity index is 237. The second kappa shape index (κ2) is 2.76. The van der Waals surface area contributed by atoms with Crippen molar-refractivity contribution in [3.8, 4) is 5.75 Å². The lowest BCUT2D eigenvalue weighted by Gasteiger charge is -1.97. The number of halogens is 3. The third-order valence-corrected chi connectivity index (χ3v) is 1.94. The summed E-state index contributed by atoms with van der Waals surface area (Å²) in [5.74, 6) is -0.945. The summed E-state index contributed by atoms with van der Waals surface area (Å²) >= 11 is 8.13. The van der Waals surface area contributed by atoms with Crippen molar-refractivity contribution < 1.29 is 9.50 Å². The molecule has 0 spiro atoms. The average Bonchev–Trinajstić information content (AvgIpc) is 1.93. The highest BCUT2D eigenvalue weighted by Gasteiger charge is 2.07. The maximum Gasteiger partial charge on any atom is 0.159 e. The molecule has 1 nitrogen and oxygen atoms in total. The molecule has 1 radical (unpaired) electrons. The zero-order chi connectivity index (χ0) is 7.72. The minimum Gasteiger partial charge on any atom is -0.506 e. The van der Waals surface area contributed by atoms with E-state index in [1.165, 1.54) is 0 Å². The second-order valence-corrected chi connectivity index (χ2v) is 2.81. The first-order valence-electron chi connectivity index (χ1n) is 2.37. The van der Waals surface area contributed by atoms with Crippen molar-refractivity contribution in [3.63, 3.8) is 0 Å². The molecule has 0 bridgehead atoms. The number of aromatic hydroxyl groups is 1. The Labute approximate surface area is 70.6 Å². The minimum absolute atomic E-state index is 0.0556. The molecule has 53 valence electrons. The fraction of sp³-hybridized carbons (Fsp3) is 0. The Hall–Kier alpha value is -0.280. The Balaban J connectivity index is 3.34. The first kappa shape index (κ1) is 7.82. The molecule has 1 aromatic carbocycles. The summed E-state index contributed by atoms with van der Waals surface area (Å²) in [5.41, 5.74) is 0. The van der Waals surface area contributed by atoms with Crippen LogP contribution in [0.2, 0.25) is 5.02 Å². The third kappa shape index (κ3) is 1.25. The van der Waals surface area contributed by atoms with Crippen molar-refractivity contribution in [2.75, 3.05) is 0 Å². The molecule has 0 aliphatic rings. The Morgan fingerprint density at radius 3 is 2.80 bits per heavy atom. The second-order valence-electron chi connectivity index (χ2n) is 1.61. The number of hydrogen-bond donors (Lipinski definition) is 1. The first-order valence-corrected chi connectivity index (χ1v) is 3.54. The summed E-state index contributed by atoms with van der Waals surface area (Å²) in [5, 5.41) is 8.76. The molecule has 1 aromatic rings. The number of phenols is 1. The Morgan fingerprint density at radius 1 is 1.70 bits per heavy atom. The van der Waals surface area contributed by atoms with Crippen molar-refractivity contribution in [2.45, 2.75) is 0 Å². The highest BCUT2D eigenvalue weighted by atomic mass is 79.9. The van der Waals surface area contributed by atoms with Crippen molar-refractivity contribution in [3.05, 3.63) is 27.4 Å². The molecule has 0 saturated carbocycles. The topological polar surface area (TPSA) is 20.2 Å². The van der Waals surface area contributed by atoms with E-state index >= 15 is 0 Å². The van der Waals surface area contributed by atoms with Crippen LogP contribution in [0.25, 0.3) is 0 Å². The molecule has 4 heteroatoms. The fourth-order valence-corrected chi connectivity index (χ4v) is 1.06. The molecule has 0 amide bonds. The molecular weight excluding hydrogens is 222 g/mol. The van der Waals surface area contributed by atoms with Crippen molar-refractivity contribution in [1.29, 1.82) is 0 Å². The lowest BCUT2D eigenvalue weighted by molar-refractivity contribution is 0.463. The van der Waals surface area contributed by atoms with Crippen LogP contribution >= 0.6 is 27.5 Å². The van der Waals surface area contributed by atoms with E-state index in [0.29, 0.717) is 0 Å². The van der Waals surface area contributed by atoms with E-state index in [1.54, 1.807) is 0 Å². The van der Waals surface area contributed by atoms with Gasteiger partial charge >= 0.3 is 0 Å². The fourth-order valence-electron chi connectivity index (χ4n) is 0.467. The van der Waals surface area contributed by atoms with Gasteiger partial charge in [0.2, 0.25) is 0 Å². The molecule has 0 aliphatic carbocycles. The van der Waals surface area contributed by atoms with Crippen molar-refractivity contribution >= 4 is 27.5 Å². The van der Waals surface area contributed by atoms with Crippen LogP contribution in [0.15, 0.2) is 10.5 Å². The first-order chi connectivity index (χ1) is 4.63. The summed E-state index contributed by atoms with van der Waals surface area (Å²) in [6.45, 7) is 0. The molecule has 0 heterocycles. The van der Waals surface area contributed by atoms with Gasteiger partial charge in [-0.3, -0.25) is 0 Å². The summed E-state index contributed by atoms with van der Waals surface area (Å²) in [7, 11) is 0. The van der Waals surface area contributed by atoms with Crippen LogP contribution in [0.1, 0.15) is 0 Å². The molecular formula is C6H2BrClFO. The van der Waals surface area contributed by atoms with Crippen LogP contribution in [0.3, 0.4) is 0 Å². The van der Waals surface area contributed by atoms with E-state index in [4.69, 9.17) is 16.7 Å². The van der Waals surface area contributed by atoms with E-state index in [-0.39, 0.29) is 15.2 Å². The van der Waals surface area contributed by atoms with Crippen molar-refractivity contribution in [1.82, 2.24) is 0 Å². The number of benzene rings is 1.